The summed E-state index contributed by atoms with van der Waals surface area (Å²) in [6, 6.07) is 7.71. The molecule has 1 saturated carbocycles. The summed E-state index contributed by atoms with van der Waals surface area (Å²) in [5.41, 5.74) is 2.89. The van der Waals surface area contributed by atoms with E-state index in [9.17, 15) is 4.79 Å². The molecule has 0 bridgehead atoms. The Bertz CT molecular complexity index is 712. The summed E-state index contributed by atoms with van der Waals surface area (Å²) in [6.45, 7) is 2.40. The van der Waals surface area contributed by atoms with Gasteiger partial charge in [0.15, 0.2) is 0 Å². The van der Waals surface area contributed by atoms with Gasteiger partial charge in [-0.25, -0.2) is 0 Å². The van der Waals surface area contributed by atoms with Crippen LogP contribution in [0.4, 0.5) is 0 Å². The number of aliphatic carboxylic acids is 1. The topological polar surface area (TPSA) is 46.5 Å². The molecule has 1 N–H and O–H groups in total. The summed E-state index contributed by atoms with van der Waals surface area (Å²) >= 11 is 0. The van der Waals surface area contributed by atoms with Gasteiger partial charge in [0.05, 0.1) is 12.3 Å². The molecule has 2 aliphatic rings. The van der Waals surface area contributed by atoms with E-state index in [-0.39, 0.29) is 12.3 Å². The van der Waals surface area contributed by atoms with E-state index in [0.717, 1.165) is 11.3 Å². The SMILES string of the molecule is CC#CC(CC(=O)O)c1ccc(OCC2=CCC3(CCCCC3)C2)cc1. The van der Waals surface area contributed by atoms with Gasteiger partial charge >= 0.3 is 5.97 Å². The van der Waals surface area contributed by atoms with E-state index in [1.807, 2.05) is 24.3 Å². The highest BCUT2D eigenvalue weighted by atomic mass is 16.5. The molecule has 2 aliphatic carbocycles. The predicted octanol–water partition coefficient (Wildman–Crippen LogP) is 5.32. The van der Waals surface area contributed by atoms with Gasteiger partial charge in [0.2, 0.25) is 0 Å². The Labute approximate surface area is 156 Å². The molecule has 0 amide bonds. The minimum Gasteiger partial charge on any atom is -0.489 e. The third-order valence-electron chi connectivity index (χ3n) is 5.74. The van der Waals surface area contributed by atoms with Crippen molar-refractivity contribution in [2.24, 2.45) is 5.41 Å². The highest BCUT2D eigenvalue weighted by Crippen LogP contribution is 2.48. The average Bonchev–Trinajstić information content (AvgIpc) is 3.03. The number of carboxylic acid groups (broad SMARTS) is 1. The lowest BCUT2D eigenvalue weighted by Crippen LogP contribution is -2.21. The Morgan fingerprint density at radius 1 is 1.23 bits per heavy atom. The second-order valence-electron chi connectivity index (χ2n) is 7.71. The molecule has 0 aliphatic heterocycles. The van der Waals surface area contributed by atoms with Crippen LogP contribution < -0.4 is 4.74 Å². The lowest BCUT2D eigenvalue weighted by atomic mass is 9.72. The number of carboxylic acids is 1. The first kappa shape index (κ1) is 18.6. The molecular weight excluding hydrogens is 324 g/mol. The Morgan fingerprint density at radius 3 is 2.62 bits per heavy atom. The molecule has 26 heavy (non-hydrogen) atoms. The minimum absolute atomic E-state index is 0.0238. The summed E-state index contributed by atoms with van der Waals surface area (Å²) < 4.78 is 5.98. The third kappa shape index (κ3) is 4.69. The van der Waals surface area contributed by atoms with Gasteiger partial charge in [-0.05, 0) is 61.3 Å². The van der Waals surface area contributed by atoms with Crippen molar-refractivity contribution in [1.82, 2.24) is 0 Å². The molecule has 0 heterocycles. The summed E-state index contributed by atoms with van der Waals surface area (Å²) in [5.74, 6) is 5.54. The van der Waals surface area contributed by atoms with E-state index in [1.54, 1.807) is 6.92 Å². The van der Waals surface area contributed by atoms with Crippen LogP contribution in [0.2, 0.25) is 0 Å². The van der Waals surface area contributed by atoms with Crippen molar-refractivity contribution in [3.8, 4) is 17.6 Å². The zero-order valence-corrected chi connectivity index (χ0v) is 15.6. The van der Waals surface area contributed by atoms with Gasteiger partial charge in [-0.15, -0.1) is 5.92 Å². The molecule has 138 valence electrons. The number of ether oxygens (including phenoxy) is 1. The Balaban J connectivity index is 1.54. The number of benzene rings is 1. The first-order valence-corrected chi connectivity index (χ1v) is 9.65. The summed E-state index contributed by atoms with van der Waals surface area (Å²) in [6.07, 6.45) is 11.7. The smallest absolute Gasteiger partial charge is 0.304 e. The van der Waals surface area contributed by atoms with Gasteiger partial charge in [0.25, 0.3) is 0 Å². The van der Waals surface area contributed by atoms with Crippen LogP contribution in [0.5, 0.6) is 5.75 Å². The maximum atomic E-state index is 11.0. The summed E-state index contributed by atoms with van der Waals surface area (Å²) in [7, 11) is 0. The van der Waals surface area contributed by atoms with Crippen molar-refractivity contribution in [3.05, 3.63) is 41.5 Å². The van der Waals surface area contributed by atoms with Crippen molar-refractivity contribution >= 4 is 5.97 Å². The molecule has 1 unspecified atom stereocenters. The first-order chi connectivity index (χ1) is 12.6. The van der Waals surface area contributed by atoms with Crippen LogP contribution in [0.25, 0.3) is 0 Å². The molecule has 0 saturated heterocycles. The van der Waals surface area contributed by atoms with Gasteiger partial charge in [0.1, 0.15) is 12.4 Å². The Kier molecular flexibility index (Phi) is 6.04. The van der Waals surface area contributed by atoms with Gasteiger partial charge in [-0.1, -0.05) is 43.4 Å². The molecule has 1 spiro atoms. The second-order valence-corrected chi connectivity index (χ2v) is 7.71. The van der Waals surface area contributed by atoms with Gasteiger partial charge in [-0.2, -0.15) is 0 Å². The van der Waals surface area contributed by atoms with E-state index in [2.05, 4.69) is 17.9 Å². The van der Waals surface area contributed by atoms with Crippen molar-refractivity contribution in [3.63, 3.8) is 0 Å². The monoisotopic (exact) mass is 352 g/mol. The molecular formula is C23H28O3. The lowest BCUT2D eigenvalue weighted by molar-refractivity contribution is -0.137. The molecule has 3 rings (SSSR count). The van der Waals surface area contributed by atoms with Gasteiger partial charge in [0, 0.05) is 0 Å². The van der Waals surface area contributed by atoms with E-state index < -0.39 is 5.97 Å². The maximum absolute atomic E-state index is 11.0. The number of hydrogen-bond acceptors (Lipinski definition) is 2. The van der Waals surface area contributed by atoms with Crippen molar-refractivity contribution < 1.29 is 14.6 Å². The van der Waals surface area contributed by atoms with Crippen LogP contribution in [0.15, 0.2) is 35.9 Å². The Morgan fingerprint density at radius 2 is 1.96 bits per heavy atom. The molecule has 3 nitrogen and oxygen atoms in total. The molecule has 1 aromatic carbocycles. The van der Waals surface area contributed by atoms with E-state index in [1.165, 1.54) is 50.5 Å². The largest absolute Gasteiger partial charge is 0.489 e. The van der Waals surface area contributed by atoms with E-state index in [4.69, 9.17) is 9.84 Å². The average molecular weight is 352 g/mol. The highest BCUT2D eigenvalue weighted by molar-refractivity contribution is 5.69. The predicted molar refractivity (Wildman–Crippen MR) is 103 cm³/mol. The maximum Gasteiger partial charge on any atom is 0.304 e. The lowest BCUT2D eigenvalue weighted by Gasteiger charge is -2.33. The first-order valence-electron chi connectivity index (χ1n) is 9.65. The van der Waals surface area contributed by atoms with E-state index >= 15 is 0 Å². The van der Waals surface area contributed by atoms with Gasteiger partial charge < -0.3 is 9.84 Å². The third-order valence-corrected chi connectivity index (χ3v) is 5.74. The normalized spacial score (nSPS) is 19.3. The van der Waals surface area contributed by atoms with Crippen LogP contribution in [0.1, 0.15) is 69.8 Å². The molecule has 3 heteroatoms. The molecule has 0 aromatic heterocycles. The van der Waals surface area contributed by atoms with Crippen LogP contribution in [-0.4, -0.2) is 17.7 Å². The number of allylic oxidation sites excluding steroid dienone is 1. The molecule has 0 radical (unpaired) electrons. The van der Waals surface area contributed by atoms with Crippen LogP contribution >= 0.6 is 0 Å². The summed E-state index contributed by atoms with van der Waals surface area (Å²) in [5, 5.41) is 9.04. The quantitative estimate of drug-likeness (QED) is 0.557. The van der Waals surface area contributed by atoms with Crippen molar-refractivity contribution in [1.29, 1.82) is 0 Å². The summed E-state index contributed by atoms with van der Waals surface area (Å²) in [4.78, 5) is 11.0. The van der Waals surface area contributed by atoms with Crippen LogP contribution in [-0.2, 0) is 4.79 Å². The number of hydrogen-bond donors (Lipinski definition) is 1. The fraction of sp³-hybridized carbons (Fsp3) is 0.522. The Hall–Kier alpha value is -2.21. The van der Waals surface area contributed by atoms with Crippen LogP contribution in [0.3, 0.4) is 0 Å². The number of carbonyl (C=O) groups is 1. The second kappa shape index (κ2) is 8.45. The zero-order chi connectivity index (χ0) is 18.4. The fourth-order valence-corrected chi connectivity index (χ4v) is 4.35. The van der Waals surface area contributed by atoms with Gasteiger partial charge in [-0.3, -0.25) is 4.79 Å². The van der Waals surface area contributed by atoms with Crippen molar-refractivity contribution in [2.75, 3.05) is 6.61 Å². The standard InChI is InChI=1S/C23H28O3/c1-2-6-20(15-22(24)25)19-7-9-21(10-8-19)26-17-18-11-14-23(16-18)12-4-3-5-13-23/h7-11,20H,3-5,12-17H2,1H3,(H,24,25). The minimum atomic E-state index is -0.831. The molecule has 1 aromatic rings. The zero-order valence-electron chi connectivity index (χ0n) is 15.6. The molecule has 1 atom stereocenters. The van der Waals surface area contributed by atoms with E-state index in [0.29, 0.717) is 12.0 Å². The van der Waals surface area contributed by atoms with Crippen molar-refractivity contribution in [2.45, 2.75) is 64.2 Å². The van der Waals surface area contributed by atoms with Crippen LogP contribution in [0, 0.1) is 17.3 Å². The molecule has 1 fully saturated rings. The fourth-order valence-electron chi connectivity index (χ4n) is 4.35. The highest BCUT2D eigenvalue weighted by Gasteiger charge is 2.35. The number of rotatable bonds is 6.